The first-order valence-corrected chi connectivity index (χ1v) is 6.11. The molecule has 0 spiro atoms. The van der Waals surface area contributed by atoms with Gasteiger partial charge in [0.1, 0.15) is 0 Å². The number of fused-ring (bicyclic) bond motifs is 1. The Morgan fingerprint density at radius 1 is 1.29 bits per heavy atom. The quantitative estimate of drug-likeness (QED) is 0.746. The molecule has 0 fully saturated rings. The highest BCUT2D eigenvalue weighted by Gasteiger charge is 2.17. The van der Waals surface area contributed by atoms with E-state index in [-0.39, 0.29) is 0 Å². The molecule has 2 heterocycles. The van der Waals surface area contributed by atoms with Crippen LogP contribution < -0.4 is 5.73 Å². The van der Waals surface area contributed by atoms with Gasteiger partial charge in [0.25, 0.3) is 0 Å². The second-order valence-corrected chi connectivity index (χ2v) is 4.94. The summed E-state index contributed by atoms with van der Waals surface area (Å²) in [4.78, 5) is 2.33. The van der Waals surface area contributed by atoms with Gasteiger partial charge >= 0.3 is 0 Å². The molecule has 0 saturated heterocycles. The Kier molecular flexibility index (Phi) is 2.65. The summed E-state index contributed by atoms with van der Waals surface area (Å²) in [5, 5.41) is 0. The van der Waals surface area contributed by atoms with Crippen molar-refractivity contribution < 1.29 is 4.74 Å². The predicted octanol–water partition coefficient (Wildman–Crippen LogP) is 1.67. The molecule has 0 radical (unpaired) electrons. The first kappa shape index (κ1) is 10.8. The van der Waals surface area contributed by atoms with Crippen molar-refractivity contribution in [3.05, 3.63) is 34.9 Å². The Morgan fingerprint density at radius 2 is 2.18 bits per heavy atom. The van der Waals surface area contributed by atoms with Gasteiger partial charge in [-0.05, 0) is 42.3 Å². The van der Waals surface area contributed by atoms with E-state index in [1.54, 1.807) is 0 Å². The van der Waals surface area contributed by atoms with Gasteiger partial charge < -0.3 is 15.4 Å². The highest BCUT2D eigenvalue weighted by Crippen LogP contribution is 2.30. The zero-order valence-electron chi connectivity index (χ0n) is 10.2. The topological polar surface area (TPSA) is 38.5 Å². The molecule has 1 aromatic rings. The third-order valence-electron chi connectivity index (χ3n) is 3.63. The Bertz CT molecular complexity index is 479. The van der Waals surface area contributed by atoms with Crippen molar-refractivity contribution in [2.45, 2.75) is 13.0 Å². The zero-order chi connectivity index (χ0) is 11.8. The van der Waals surface area contributed by atoms with Crippen molar-refractivity contribution in [1.29, 1.82) is 0 Å². The molecular weight excluding hydrogens is 212 g/mol. The number of nitrogen functional groups attached to an aromatic ring is 1. The van der Waals surface area contributed by atoms with Gasteiger partial charge in [-0.3, -0.25) is 0 Å². The molecule has 3 nitrogen and oxygen atoms in total. The molecule has 0 aliphatic carbocycles. The largest absolute Gasteiger partial charge is 0.398 e. The van der Waals surface area contributed by atoms with Gasteiger partial charge in [0, 0.05) is 24.3 Å². The molecule has 3 heteroatoms. The molecule has 2 aliphatic rings. The number of likely N-dealkylation sites (N-methyl/N-ethyl adjacent to an activating group) is 1. The second kappa shape index (κ2) is 4.17. The van der Waals surface area contributed by atoms with Crippen molar-refractivity contribution in [1.82, 2.24) is 4.90 Å². The van der Waals surface area contributed by atoms with Crippen LogP contribution in [-0.2, 0) is 17.7 Å². The monoisotopic (exact) mass is 230 g/mol. The Labute approximate surface area is 102 Å². The third-order valence-corrected chi connectivity index (χ3v) is 3.63. The number of hydrogen-bond donors (Lipinski definition) is 1. The lowest BCUT2D eigenvalue weighted by atomic mass is 9.93. The van der Waals surface area contributed by atoms with E-state index < -0.39 is 0 Å². The number of nitrogens with two attached hydrogens (primary N) is 1. The van der Waals surface area contributed by atoms with Crippen LogP contribution in [-0.4, -0.2) is 31.7 Å². The summed E-state index contributed by atoms with van der Waals surface area (Å²) < 4.78 is 5.37. The second-order valence-electron chi connectivity index (χ2n) is 4.94. The predicted molar refractivity (Wildman–Crippen MR) is 69.7 cm³/mol. The summed E-state index contributed by atoms with van der Waals surface area (Å²) in [7, 11) is 2.15. The summed E-state index contributed by atoms with van der Waals surface area (Å²) in [6.07, 6.45) is 3.25. The lowest BCUT2D eigenvalue weighted by Gasteiger charge is -2.26. The molecule has 17 heavy (non-hydrogen) atoms. The van der Waals surface area contributed by atoms with E-state index in [4.69, 9.17) is 10.5 Å². The van der Waals surface area contributed by atoms with E-state index in [2.05, 4.69) is 30.2 Å². The van der Waals surface area contributed by atoms with Crippen LogP contribution in [0.1, 0.15) is 16.7 Å². The fourth-order valence-corrected chi connectivity index (χ4v) is 2.62. The fraction of sp³-hybridized carbons (Fsp3) is 0.429. The minimum atomic E-state index is 0.697. The highest BCUT2D eigenvalue weighted by molar-refractivity contribution is 5.77. The maximum atomic E-state index is 6.15. The van der Waals surface area contributed by atoms with E-state index in [9.17, 15) is 0 Å². The molecule has 0 atom stereocenters. The van der Waals surface area contributed by atoms with E-state index in [0.717, 1.165) is 25.2 Å². The Balaban J connectivity index is 2.01. The van der Waals surface area contributed by atoms with Crippen molar-refractivity contribution >= 4 is 11.3 Å². The van der Waals surface area contributed by atoms with Crippen LogP contribution >= 0.6 is 0 Å². The van der Waals surface area contributed by atoms with E-state index in [1.165, 1.54) is 22.3 Å². The number of anilines is 1. The van der Waals surface area contributed by atoms with Gasteiger partial charge in [-0.15, -0.1) is 0 Å². The SMILES string of the molecule is CN1CCc2cc(C3=CCOC3)c(N)cc2C1. The normalized spacial score (nSPS) is 20.2. The van der Waals surface area contributed by atoms with Crippen LogP contribution in [0.3, 0.4) is 0 Å². The molecule has 2 aliphatic heterocycles. The van der Waals surface area contributed by atoms with E-state index >= 15 is 0 Å². The maximum absolute atomic E-state index is 6.15. The van der Waals surface area contributed by atoms with Crippen molar-refractivity contribution in [3.8, 4) is 0 Å². The molecule has 0 bridgehead atoms. The summed E-state index contributed by atoms with van der Waals surface area (Å²) in [6, 6.07) is 4.40. The maximum Gasteiger partial charge on any atom is 0.0725 e. The zero-order valence-corrected chi connectivity index (χ0v) is 10.2. The van der Waals surface area contributed by atoms with Gasteiger partial charge in [0.2, 0.25) is 0 Å². The molecule has 0 unspecified atom stereocenters. The van der Waals surface area contributed by atoms with Crippen LogP contribution in [0, 0.1) is 0 Å². The Hall–Kier alpha value is -1.32. The van der Waals surface area contributed by atoms with Crippen LogP contribution in [0.15, 0.2) is 18.2 Å². The van der Waals surface area contributed by atoms with Crippen LogP contribution in [0.5, 0.6) is 0 Å². The van der Waals surface area contributed by atoms with Gasteiger partial charge in [-0.2, -0.15) is 0 Å². The number of nitrogens with zero attached hydrogens (tertiary/aromatic N) is 1. The first-order chi connectivity index (χ1) is 8.24. The molecular formula is C14H18N2O. The van der Waals surface area contributed by atoms with Crippen LogP contribution in [0.25, 0.3) is 5.57 Å². The fourth-order valence-electron chi connectivity index (χ4n) is 2.62. The molecule has 0 saturated carbocycles. The average molecular weight is 230 g/mol. The molecule has 1 aromatic carbocycles. The number of hydrogen-bond acceptors (Lipinski definition) is 3. The summed E-state index contributed by atoms with van der Waals surface area (Å²) in [5.41, 5.74) is 12.3. The Morgan fingerprint density at radius 3 is 2.94 bits per heavy atom. The van der Waals surface area contributed by atoms with Crippen molar-refractivity contribution in [2.75, 3.05) is 32.5 Å². The smallest absolute Gasteiger partial charge is 0.0725 e. The minimum Gasteiger partial charge on any atom is -0.398 e. The van der Waals surface area contributed by atoms with Crippen LogP contribution in [0.4, 0.5) is 5.69 Å². The molecule has 0 amide bonds. The average Bonchev–Trinajstić information content (AvgIpc) is 2.81. The summed E-state index contributed by atoms with van der Waals surface area (Å²) in [6.45, 7) is 3.55. The third kappa shape index (κ3) is 1.96. The number of rotatable bonds is 1. The standard InChI is InChI=1S/C14H18N2O/c1-16-4-2-10-6-13(11-3-5-17-9-11)14(15)7-12(10)8-16/h3,6-7H,2,4-5,8-9,15H2,1H3. The molecule has 90 valence electrons. The van der Waals surface area contributed by atoms with Gasteiger partial charge in [-0.1, -0.05) is 6.08 Å². The van der Waals surface area contributed by atoms with Gasteiger partial charge in [0.05, 0.1) is 13.2 Å². The van der Waals surface area contributed by atoms with Gasteiger partial charge in [-0.25, -0.2) is 0 Å². The first-order valence-electron chi connectivity index (χ1n) is 6.11. The van der Waals surface area contributed by atoms with Crippen molar-refractivity contribution in [2.24, 2.45) is 0 Å². The van der Waals surface area contributed by atoms with Crippen LogP contribution in [0.2, 0.25) is 0 Å². The molecule has 3 rings (SSSR count). The van der Waals surface area contributed by atoms with E-state index in [0.29, 0.717) is 13.2 Å². The summed E-state index contributed by atoms with van der Waals surface area (Å²) in [5.74, 6) is 0. The lowest BCUT2D eigenvalue weighted by molar-refractivity contribution is 0.216. The van der Waals surface area contributed by atoms with Crippen molar-refractivity contribution in [3.63, 3.8) is 0 Å². The number of benzene rings is 1. The number of ether oxygens (including phenoxy) is 1. The minimum absolute atomic E-state index is 0.697. The van der Waals surface area contributed by atoms with Gasteiger partial charge in [0.15, 0.2) is 0 Å². The van der Waals surface area contributed by atoms with E-state index in [1.807, 2.05) is 0 Å². The lowest BCUT2D eigenvalue weighted by Crippen LogP contribution is -2.26. The molecule has 2 N–H and O–H groups in total. The summed E-state index contributed by atoms with van der Waals surface area (Å²) >= 11 is 0. The molecule has 0 aromatic heterocycles. The highest BCUT2D eigenvalue weighted by atomic mass is 16.5.